The van der Waals surface area contributed by atoms with Gasteiger partial charge in [-0.3, -0.25) is 15.0 Å². The van der Waals surface area contributed by atoms with Crippen LogP contribution in [0.4, 0.5) is 35.3 Å². The minimum atomic E-state index is -4.50. The van der Waals surface area contributed by atoms with Crippen LogP contribution in [0.25, 0.3) is 11.3 Å². The third kappa shape index (κ3) is 4.50. The number of likely N-dealkylation sites (N-methyl/N-ethyl adjacent to an activating group) is 1. The highest BCUT2D eigenvalue weighted by molar-refractivity contribution is 6.12. The molecule has 3 aromatic rings. The van der Waals surface area contributed by atoms with Gasteiger partial charge in [0.25, 0.3) is 0 Å². The molecule has 4 rings (SSSR count). The van der Waals surface area contributed by atoms with E-state index in [1.807, 2.05) is 13.0 Å². The van der Waals surface area contributed by atoms with Crippen molar-refractivity contribution in [3.05, 3.63) is 65.4 Å². The van der Waals surface area contributed by atoms with E-state index in [0.29, 0.717) is 17.2 Å². The third-order valence-corrected chi connectivity index (χ3v) is 5.20. The van der Waals surface area contributed by atoms with Crippen molar-refractivity contribution in [2.45, 2.75) is 20.0 Å². The number of halogens is 3. The number of benzene rings is 1. The highest BCUT2D eigenvalue weighted by Gasteiger charge is 2.33. The second kappa shape index (κ2) is 8.19. The quantitative estimate of drug-likeness (QED) is 0.603. The van der Waals surface area contributed by atoms with Crippen LogP contribution in [0.1, 0.15) is 16.8 Å². The fourth-order valence-electron chi connectivity index (χ4n) is 3.62. The molecule has 0 atom stereocenters. The topological polar surface area (TPSA) is 78.4 Å². The molecule has 0 aliphatic carbocycles. The van der Waals surface area contributed by atoms with Crippen molar-refractivity contribution < 1.29 is 22.8 Å². The van der Waals surface area contributed by atoms with E-state index >= 15 is 0 Å². The largest absolute Gasteiger partial charge is 0.416 e. The van der Waals surface area contributed by atoms with E-state index in [1.165, 1.54) is 23.1 Å². The highest BCUT2D eigenvalue weighted by Crippen LogP contribution is 2.36. The van der Waals surface area contributed by atoms with Crippen LogP contribution in [0.2, 0.25) is 0 Å². The SMILES string of the molecule is Cc1cc(C)nc(NC(=O)N2CC(=O)N(C)c3ccc(-c4cccc(C(F)(F)F)c4)nc32)c1. The average molecular weight is 455 g/mol. The summed E-state index contributed by atoms with van der Waals surface area (Å²) in [5, 5.41) is 2.67. The van der Waals surface area contributed by atoms with E-state index in [9.17, 15) is 22.8 Å². The number of urea groups is 1. The summed E-state index contributed by atoms with van der Waals surface area (Å²) in [4.78, 5) is 36.8. The molecule has 1 N–H and O–H groups in total. The minimum Gasteiger partial charge on any atom is -0.311 e. The van der Waals surface area contributed by atoms with Gasteiger partial charge in [-0.1, -0.05) is 12.1 Å². The lowest BCUT2D eigenvalue weighted by atomic mass is 10.1. The van der Waals surface area contributed by atoms with Crippen LogP contribution in [0.5, 0.6) is 0 Å². The van der Waals surface area contributed by atoms with E-state index in [2.05, 4.69) is 15.3 Å². The van der Waals surface area contributed by atoms with Gasteiger partial charge in [0.1, 0.15) is 12.4 Å². The number of nitrogens with zero attached hydrogens (tertiary/aromatic N) is 4. The molecule has 0 fully saturated rings. The van der Waals surface area contributed by atoms with E-state index in [4.69, 9.17) is 0 Å². The molecule has 170 valence electrons. The zero-order chi connectivity index (χ0) is 23.9. The van der Waals surface area contributed by atoms with Crippen LogP contribution in [0.15, 0.2) is 48.5 Å². The minimum absolute atomic E-state index is 0.161. The van der Waals surface area contributed by atoms with Crippen molar-refractivity contribution in [2.75, 3.05) is 28.7 Å². The molecular formula is C23H20F3N5O2. The third-order valence-electron chi connectivity index (χ3n) is 5.20. The molecule has 0 unspecified atom stereocenters. The number of anilines is 3. The number of hydrogen-bond acceptors (Lipinski definition) is 4. The molecule has 0 bridgehead atoms. The van der Waals surface area contributed by atoms with Crippen LogP contribution < -0.4 is 15.1 Å². The van der Waals surface area contributed by atoms with Crippen LogP contribution in [-0.2, 0) is 11.0 Å². The maximum Gasteiger partial charge on any atom is 0.416 e. The Morgan fingerprint density at radius 1 is 1.06 bits per heavy atom. The molecule has 0 spiro atoms. The number of hydrogen-bond donors (Lipinski definition) is 1. The summed E-state index contributed by atoms with van der Waals surface area (Å²) >= 11 is 0. The first-order valence-corrected chi connectivity index (χ1v) is 10.0. The maximum atomic E-state index is 13.2. The van der Waals surface area contributed by atoms with Gasteiger partial charge in [-0.25, -0.2) is 14.8 Å². The number of aromatic nitrogens is 2. The molecule has 1 aliphatic rings. The summed E-state index contributed by atoms with van der Waals surface area (Å²) in [7, 11) is 1.55. The van der Waals surface area contributed by atoms with E-state index in [-0.39, 0.29) is 29.5 Å². The van der Waals surface area contributed by atoms with Gasteiger partial charge in [0.05, 0.1) is 16.9 Å². The molecular weight excluding hydrogens is 435 g/mol. The lowest BCUT2D eigenvalue weighted by Gasteiger charge is -2.33. The van der Waals surface area contributed by atoms with Crippen molar-refractivity contribution in [1.82, 2.24) is 9.97 Å². The number of fused-ring (bicyclic) bond motifs is 1. The summed E-state index contributed by atoms with van der Waals surface area (Å²) in [5.41, 5.74) is 1.66. The molecule has 33 heavy (non-hydrogen) atoms. The first-order valence-electron chi connectivity index (χ1n) is 10.0. The lowest BCUT2D eigenvalue weighted by molar-refractivity contribution is -0.137. The summed E-state index contributed by atoms with van der Waals surface area (Å²) in [6.45, 7) is 3.38. The molecule has 0 saturated carbocycles. The number of rotatable bonds is 2. The van der Waals surface area contributed by atoms with Gasteiger partial charge in [0.2, 0.25) is 5.91 Å². The van der Waals surface area contributed by atoms with Gasteiger partial charge < -0.3 is 4.90 Å². The maximum absolute atomic E-state index is 13.2. The Labute approximate surface area is 187 Å². The van der Waals surface area contributed by atoms with Crippen LogP contribution >= 0.6 is 0 Å². The predicted molar refractivity (Wildman–Crippen MR) is 118 cm³/mol. The highest BCUT2D eigenvalue weighted by atomic mass is 19.4. The smallest absolute Gasteiger partial charge is 0.311 e. The Hall–Kier alpha value is -3.95. The molecule has 3 heterocycles. The molecule has 0 radical (unpaired) electrons. The number of nitrogens with one attached hydrogen (secondary N) is 1. The van der Waals surface area contributed by atoms with Crippen LogP contribution in [-0.4, -0.2) is 35.5 Å². The molecule has 0 saturated heterocycles. The average Bonchev–Trinajstić information content (AvgIpc) is 2.74. The Morgan fingerprint density at radius 2 is 1.82 bits per heavy atom. The number of carbonyl (C=O) groups excluding carboxylic acids is 2. The van der Waals surface area contributed by atoms with Gasteiger partial charge in [-0.2, -0.15) is 13.2 Å². The molecule has 10 heteroatoms. The zero-order valence-corrected chi connectivity index (χ0v) is 18.1. The number of amides is 3. The number of aryl methyl sites for hydroxylation is 2. The fourth-order valence-corrected chi connectivity index (χ4v) is 3.62. The predicted octanol–water partition coefficient (Wildman–Crippen LogP) is 4.79. The van der Waals surface area contributed by atoms with Crippen molar-refractivity contribution in [2.24, 2.45) is 0 Å². The van der Waals surface area contributed by atoms with Crippen LogP contribution in [0, 0.1) is 13.8 Å². The van der Waals surface area contributed by atoms with Gasteiger partial charge in [-0.05, 0) is 55.8 Å². The van der Waals surface area contributed by atoms with Gasteiger partial charge >= 0.3 is 12.2 Å². The Bertz CT molecular complexity index is 1240. The van der Waals surface area contributed by atoms with Gasteiger partial charge in [0, 0.05) is 18.3 Å². The zero-order valence-electron chi connectivity index (χ0n) is 18.1. The number of pyridine rings is 2. The normalized spacial score (nSPS) is 13.7. The standard InChI is InChI=1S/C23H20F3N5O2/c1-13-9-14(2)27-19(10-13)29-22(33)31-12-20(32)30(3)18-8-7-17(28-21(18)31)15-5-4-6-16(11-15)23(24,25)26/h4-11H,12H2,1-3H3,(H,27,29,33). The Kier molecular flexibility index (Phi) is 5.52. The lowest BCUT2D eigenvalue weighted by Crippen LogP contribution is -2.48. The Balaban J connectivity index is 1.73. The summed E-state index contributed by atoms with van der Waals surface area (Å²) < 4.78 is 39.5. The van der Waals surface area contributed by atoms with Crippen molar-refractivity contribution >= 4 is 29.3 Å². The van der Waals surface area contributed by atoms with E-state index in [0.717, 1.165) is 22.6 Å². The second-order valence-corrected chi connectivity index (χ2v) is 7.76. The summed E-state index contributed by atoms with van der Waals surface area (Å²) in [5.74, 6) is 0.146. The van der Waals surface area contributed by atoms with Crippen LogP contribution in [0.3, 0.4) is 0 Å². The number of alkyl halides is 3. The monoisotopic (exact) mass is 455 g/mol. The van der Waals surface area contributed by atoms with E-state index in [1.54, 1.807) is 26.1 Å². The summed E-state index contributed by atoms with van der Waals surface area (Å²) in [6.07, 6.45) is -4.50. The van der Waals surface area contributed by atoms with Crippen molar-refractivity contribution in [3.63, 3.8) is 0 Å². The Morgan fingerprint density at radius 3 is 2.52 bits per heavy atom. The second-order valence-electron chi connectivity index (χ2n) is 7.76. The van der Waals surface area contributed by atoms with Crippen molar-refractivity contribution in [1.29, 1.82) is 0 Å². The van der Waals surface area contributed by atoms with Gasteiger partial charge in [0.15, 0.2) is 5.82 Å². The van der Waals surface area contributed by atoms with E-state index < -0.39 is 17.8 Å². The molecule has 2 aromatic heterocycles. The molecule has 1 aliphatic heterocycles. The molecule has 1 aromatic carbocycles. The molecule has 3 amide bonds. The van der Waals surface area contributed by atoms with Crippen molar-refractivity contribution in [3.8, 4) is 11.3 Å². The first kappa shape index (κ1) is 22.3. The molecule has 7 nitrogen and oxygen atoms in total. The number of carbonyl (C=O) groups is 2. The fraction of sp³-hybridized carbons (Fsp3) is 0.217. The van der Waals surface area contributed by atoms with Gasteiger partial charge in [-0.15, -0.1) is 0 Å². The first-order chi connectivity index (χ1) is 15.5. The summed E-state index contributed by atoms with van der Waals surface area (Å²) in [6, 6.07) is 10.8.